The molecule has 0 aliphatic carbocycles. The summed E-state index contributed by atoms with van der Waals surface area (Å²) in [5.41, 5.74) is 2.10. The van der Waals surface area contributed by atoms with Crippen LogP contribution in [-0.2, 0) is 0 Å². The molecule has 2 nitrogen and oxygen atoms in total. The molecule has 0 fully saturated rings. The van der Waals surface area contributed by atoms with E-state index in [1.807, 2.05) is 0 Å². The van der Waals surface area contributed by atoms with Gasteiger partial charge in [-0.2, -0.15) is 8.75 Å². The van der Waals surface area contributed by atoms with Crippen molar-refractivity contribution in [3.05, 3.63) is 36.4 Å². The van der Waals surface area contributed by atoms with E-state index in [0.717, 1.165) is 11.0 Å². The van der Waals surface area contributed by atoms with E-state index >= 15 is 0 Å². The summed E-state index contributed by atoms with van der Waals surface area (Å²) in [7, 11) is 0. The van der Waals surface area contributed by atoms with Crippen LogP contribution < -0.4 is 0 Å². The van der Waals surface area contributed by atoms with Gasteiger partial charge in [0.15, 0.2) is 0 Å². The molecule has 0 amide bonds. The number of nitrogens with zero attached hydrogens (tertiary/aromatic N) is 2. The topological polar surface area (TPSA) is 25.8 Å². The van der Waals surface area contributed by atoms with E-state index in [9.17, 15) is 0 Å². The highest BCUT2D eigenvalue weighted by molar-refractivity contribution is 6.99. The zero-order valence-electron chi connectivity index (χ0n) is 7.77. The lowest BCUT2D eigenvalue weighted by Gasteiger charge is -2.02. The molecule has 0 spiro atoms. The molecule has 3 aromatic carbocycles. The highest BCUT2D eigenvalue weighted by atomic mass is 32.1. The van der Waals surface area contributed by atoms with E-state index in [-0.39, 0.29) is 0 Å². The summed E-state index contributed by atoms with van der Waals surface area (Å²) in [5.74, 6) is 0. The lowest BCUT2D eigenvalue weighted by molar-refractivity contribution is 1.56. The fourth-order valence-corrected chi connectivity index (χ4v) is 2.75. The van der Waals surface area contributed by atoms with Gasteiger partial charge in [-0.25, -0.2) is 0 Å². The SMILES string of the molecule is c1cc2ccc3nsnc4ccc1c2c43. The molecule has 0 bridgehead atoms. The summed E-state index contributed by atoms with van der Waals surface area (Å²) in [6.45, 7) is 0. The largest absolute Gasteiger partial charge is 0.175 e. The van der Waals surface area contributed by atoms with Gasteiger partial charge in [0.2, 0.25) is 0 Å². The van der Waals surface area contributed by atoms with E-state index < -0.39 is 0 Å². The number of aromatic nitrogens is 2. The Balaban J connectivity index is 2.54. The van der Waals surface area contributed by atoms with Crippen LogP contribution >= 0.6 is 11.7 Å². The van der Waals surface area contributed by atoms with E-state index in [0.29, 0.717) is 0 Å². The first-order chi connectivity index (χ1) is 7.43. The van der Waals surface area contributed by atoms with Gasteiger partial charge in [-0.15, -0.1) is 0 Å². The van der Waals surface area contributed by atoms with Crippen molar-refractivity contribution in [1.82, 2.24) is 8.75 Å². The average molecular weight is 210 g/mol. The van der Waals surface area contributed by atoms with Crippen LogP contribution in [0.2, 0.25) is 0 Å². The van der Waals surface area contributed by atoms with Crippen molar-refractivity contribution in [2.24, 2.45) is 0 Å². The predicted molar refractivity (Wildman–Crippen MR) is 63.6 cm³/mol. The monoisotopic (exact) mass is 210 g/mol. The van der Waals surface area contributed by atoms with Crippen LogP contribution in [0.4, 0.5) is 0 Å². The maximum atomic E-state index is 4.34. The molecule has 0 radical (unpaired) electrons. The lowest BCUT2D eigenvalue weighted by Crippen LogP contribution is -1.82. The zero-order chi connectivity index (χ0) is 9.83. The number of hydrogen-bond donors (Lipinski definition) is 0. The van der Waals surface area contributed by atoms with Gasteiger partial charge < -0.3 is 0 Å². The summed E-state index contributed by atoms with van der Waals surface area (Å²) < 4.78 is 8.69. The minimum absolute atomic E-state index is 1.05. The second kappa shape index (κ2) is 2.44. The molecular formula is C12H6N2S. The summed E-state index contributed by atoms with van der Waals surface area (Å²) in [6, 6.07) is 12.7. The van der Waals surface area contributed by atoms with Crippen LogP contribution in [0.1, 0.15) is 0 Å². The van der Waals surface area contributed by atoms with Crippen LogP contribution in [0.25, 0.3) is 32.6 Å². The molecular weight excluding hydrogens is 204 g/mol. The van der Waals surface area contributed by atoms with Crippen LogP contribution in [0.5, 0.6) is 0 Å². The Morgan fingerprint density at radius 3 is 1.80 bits per heavy atom. The summed E-state index contributed by atoms with van der Waals surface area (Å²) >= 11 is 1.27. The molecule has 3 heteroatoms. The molecule has 0 aliphatic heterocycles. The van der Waals surface area contributed by atoms with Crippen molar-refractivity contribution in [1.29, 1.82) is 0 Å². The second-order valence-electron chi connectivity index (χ2n) is 3.70. The van der Waals surface area contributed by atoms with Crippen molar-refractivity contribution in [2.45, 2.75) is 0 Å². The first-order valence-electron chi connectivity index (χ1n) is 4.79. The highest BCUT2D eigenvalue weighted by Gasteiger charge is 2.09. The second-order valence-corrected chi connectivity index (χ2v) is 4.22. The Morgan fingerprint density at radius 2 is 1.20 bits per heavy atom. The molecule has 0 aliphatic rings. The Bertz CT molecular complexity index is 712. The lowest BCUT2D eigenvalue weighted by atomic mass is 10.1. The van der Waals surface area contributed by atoms with Crippen LogP contribution in [0.3, 0.4) is 0 Å². The highest BCUT2D eigenvalue weighted by Crippen LogP contribution is 2.33. The molecule has 0 N–H and O–H groups in total. The fourth-order valence-electron chi connectivity index (χ4n) is 2.23. The molecule has 4 aromatic rings. The van der Waals surface area contributed by atoms with Gasteiger partial charge in [-0.05, 0) is 22.9 Å². The van der Waals surface area contributed by atoms with E-state index in [1.165, 1.54) is 33.3 Å². The minimum Gasteiger partial charge on any atom is -0.175 e. The van der Waals surface area contributed by atoms with Crippen molar-refractivity contribution >= 4 is 44.3 Å². The van der Waals surface area contributed by atoms with Crippen molar-refractivity contribution in [2.75, 3.05) is 0 Å². The Kier molecular flexibility index (Phi) is 1.22. The van der Waals surface area contributed by atoms with Gasteiger partial charge in [-0.3, -0.25) is 0 Å². The van der Waals surface area contributed by atoms with Gasteiger partial charge in [0, 0.05) is 10.8 Å². The number of rotatable bonds is 0. The Hall–Kier alpha value is -1.74. The van der Waals surface area contributed by atoms with Gasteiger partial charge >= 0.3 is 0 Å². The van der Waals surface area contributed by atoms with Gasteiger partial charge in [0.05, 0.1) is 22.8 Å². The molecule has 70 valence electrons. The number of benzene rings is 2. The third-order valence-electron chi connectivity index (χ3n) is 2.90. The van der Waals surface area contributed by atoms with Crippen LogP contribution in [0, 0.1) is 0 Å². The summed E-state index contributed by atoms with van der Waals surface area (Å²) in [4.78, 5) is 0. The minimum atomic E-state index is 1.05. The van der Waals surface area contributed by atoms with E-state index in [2.05, 4.69) is 45.1 Å². The van der Waals surface area contributed by atoms with Crippen molar-refractivity contribution in [3.8, 4) is 0 Å². The average Bonchev–Trinajstić information content (AvgIpc) is 2.71. The van der Waals surface area contributed by atoms with Gasteiger partial charge in [0.25, 0.3) is 0 Å². The quantitative estimate of drug-likeness (QED) is 0.444. The van der Waals surface area contributed by atoms with Gasteiger partial charge in [0.1, 0.15) is 0 Å². The zero-order valence-corrected chi connectivity index (χ0v) is 8.58. The summed E-state index contributed by atoms with van der Waals surface area (Å²) in [5, 5.41) is 5.07. The van der Waals surface area contributed by atoms with Crippen molar-refractivity contribution < 1.29 is 0 Å². The Labute approximate surface area is 89.8 Å². The number of hydrogen-bond acceptors (Lipinski definition) is 3. The molecule has 1 aromatic heterocycles. The van der Waals surface area contributed by atoms with E-state index in [1.54, 1.807) is 0 Å². The van der Waals surface area contributed by atoms with E-state index in [4.69, 9.17) is 0 Å². The first-order valence-corrected chi connectivity index (χ1v) is 5.52. The molecule has 15 heavy (non-hydrogen) atoms. The standard InChI is InChI=1S/C12H6N2S/c1-2-8-4-6-10-12-9(13-15-14-10)5-3-7(1)11(8)12/h1-6H. The van der Waals surface area contributed by atoms with Crippen LogP contribution in [-0.4, -0.2) is 8.75 Å². The van der Waals surface area contributed by atoms with Crippen LogP contribution in [0.15, 0.2) is 36.4 Å². The first kappa shape index (κ1) is 7.54. The molecule has 0 saturated carbocycles. The molecule has 0 atom stereocenters. The normalized spacial score (nSPS) is 12.0. The summed E-state index contributed by atoms with van der Waals surface area (Å²) in [6.07, 6.45) is 0. The Morgan fingerprint density at radius 1 is 0.667 bits per heavy atom. The third kappa shape index (κ3) is 0.837. The van der Waals surface area contributed by atoms with Crippen molar-refractivity contribution in [3.63, 3.8) is 0 Å². The molecule has 0 unspecified atom stereocenters. The maximum absolute atomic E-state index is 4.34. The fraction of sp³-hybridized carbons (Fsp3) is 0. The molecule has 0 saturated heterocycles. The molecule has 1 heterocycles. The predicted octanol–water partition coefficient (Wildman–Crippen LogP) is 3.44. The molecule has 4 rings (SSSR count). The smallest absolute Gasteiger partial charge is 0.0876 e. The maximum Gasteiger partial charge on any atom is 0.0876 e. The third-order valence-corrected chi connectivity index (χ3v) is 3.46. The van der Waals surface area contributed by atoms with Gasteiger partial charge in [-0.1, -0.05) is 24.3 Å².